The molecule has 5 nitrogen and oxygen atoms in total. The Morgan fingerprint density at radius 1 is 1.30 bits per heavy atom. The lowest BCUT2D eigenvalue weighted by Gasteiger charge is -2.40. The van der Waals surface area contributed by atoms with Crippen molar-refractivity contribution in [3.05, 3.63) is 18.0 Å². The molecule has 1 saturated carbocycles. The Labute approximate surface area is 121 Å². The van der Waals surface area contributed by atoms with Gasteiger partial charge >= 0.3 is 0 Å². The van der Waals surface area contributed by atoms with Gasteiger partial charge in [-0.2, -0.15) is 5.10 Å². The van der Waals surface area contributed by atoms with Crippen LogP contribution in [0.1, 0.15) is 45.1 Å². The van der Waals surface area contributed by atoms with Crippen molar-refractivity contribution in [1.82, 2.24) is 15.1 Å². The van der Waals surface area contributed by atoms with Crippen molar-refractivity contribution < 1.29 is 10.2 Å². The number of aromatic nitrogens is 2. The summed E-state index contributed by atoms with van der Waals surface area (Å²) in [5.41, 5.74) is 0.895. The monoisotopic (exact) mass is 281 g/mol. The number of aliphatic hydroxyl groups is 2. The maximum atomic E-state index is 10.6. The van der Waals surface area contributed by atoms with Crippen molar-refractivity contribution in [3.8, 4) is 0 Å². The summed E-state index contributed by atoms with van der Waals surface area (Å²) in [6.07, 6.45) is 7.64. The molecule has 0 radical (unpaired) electrons. The second-order valence-electron chi connectivity index (χ2n) is 6.83. The summed E-state index contributed by atoms with van der Waals surface area (Å²) in [5, 5.41) is 26.9. The molecule has 0 unspecified atom stereocenters. The van der Waals surface area contributed by atoms with Gasteiger partial charge in [0.25, 0.3) is 0 Å². The highest BCUT2D eigenvalue weighted by Crippen LogP contribution is 2.39. The van der Waals surface area contributed by atoms with E-state index in [0.717, 1.165) is 31.2 Å². The second kappa shape index (κ2) is 6.24. The van der Waals surface area contributed by atoms with Crippen LogP contribution >= 0.6 is 0 Å². The third-order valence-corrected chi connectivity index (χ3v) is 4.33. The molecule has 20 heavy (non-hydrogen) atoms. The van der Waals surface area contributed by atoms with Crippen LogP contribution in [0.15, 0.2) is 12.4 Å². The van der Waals surface area contributed by atoms with Gasteiger partial charge in [0, 0.05) is 24.8 Å². The van der Waals surface area contributed by atoms with E-state index in [0.29, 0.717) is 25.0 Å². The first-order chi connectivity index (χ1) is 9.42. The second-order valence-corrected chi connectivity index (χ2v) is 6.83. The minimum atomic E-state index is -0.559. The van der Waals surface area contributed by atoms with E-state index in [-0.39, 0.29) is 6.61 Å². The molecule has 1 aliphatic rings. The molecule has 1 aromatic heterocycles. The Bertz CT molecular complexity index is 419. The molecule has 2 rings (SSSR count). The Morgan fingerprint density at radius 3 is 2.65 bits per heavy atom. The fourth-order valence-electron chi connectivity index (χ4n) is 2.73. The number of hydrogen-bond acceptors (Lipinski definition) is 4. The standard InChI is InChI=1S/C15H27N3O2/c1-14(2)3-5-15(20,6-4-14)12-16-9-13-10-17-18(11-13)7-8-19/h10-11,16,19-20H,3-9,12H2,1-2H3. The van der Waals surface area contributed by atoms with Gasteiger partial charge in [0.05, 0.1) is 24.9 Å². The number of aliphatic hydroxyl groups excluding tert-OH is 1. The third kappa shape index (κ3) is 4.30. The third-order valence-electron chi connectivity index (χ3n) is 4.33. The van der Waals surface area contributed by atoms with Gasteiger partial charge in [-0.25, -0.2) is 0 Å². The normalized spacial score (nSPS) is 21.0. The van der Waals surface area contributed by atoms with Crippen molar-refractivity contribution in [2.24, 2.45) is 5.41 Å². The lowest BCUT2D eigenvalue weighted by molar-refractivity contribution is -0.0245. The Balaban J connectivity index is 1.75. The maximum absolute atomic E-state index is 10.6. The zero-order chi connectivity index (χ0) is 14.6. The molecule has 0 amide bonds. The van der Waals surface area contributed by atoms with Crippen molar-refractivity contribution in [2.75, 3.05) is 13.2 Å². The maximum Gasteiger partial charge on any atom is 0.0772 e. The molecule has 114 valence electrons. The highest BCUT2D eigenvalue weighted by Gasteiger charge is 2.36. The van der Waals surface area contributed by atoms with Crippen molar-refractivity contribution >= 4 is 0 Å². The molecule has 1 aliphatic carbocycles. The van der Waals surface area contributed by atoms with E-state index < -0.39 is 5.60 Å². The zero-order valence-corrected chi connectivity index (χ0v) is 12.6. The van der Waals surface area contributed by atoms with Gasteiger partial charge < -0.3 is 15.5 Å². The van der Waals surface area contributed by atoms with E-state index in [1.807, 2.05) is 6.20 Å². The average molecular weight is 281 g/mol. The molecular weight excluding hydrogens is 254 g/mol. The van der Waals surface area contributed by atoms with E-state index in [1.165, 1.54) is 0 Å². The van der Waals surface area contributed by atoms with Crippen LogP contribution in [0, 0.1) is 5.41 Å². The van der Waals surface area contributed by atoms with Gasteiger partial charge in [-0.15, -0.1) is 0 Å². The van der Waals surface area contributed by atoms with Gasteiger partial charge in [-0.3, -0.25) is 4.68 Å². The number of hydrogen-bond donors (Lipinski definition) is 3. The largest absolute Gasteiger partial charge is 0.394 e. The van der Waals surface area contributed by atoms with E-state index in [4.69, 9.17) is 5.11 Å². The fraction of sp³-hybridized carbons (Fsp3) is 0.800. The van der Waals surface area contributed by atoms with Crippen LogP contribution in [-0.2, 0) is 13.1 Å². The number of rotatable bonds is 6. The lowest BCUT2D eigenvalue weighted by atomic mass is 9.71. The molecular formula is C15H27N3O2. The predicted octanol–water partition coefficient (Wildman–Crippen LogP) is 1.30. The highest BCUT2D eigenvalue weighted by atomic mass is 16.3. The van der Waals surface area contributed by atoms with Crippen molar-refractivity contribution in [3.63, 3.8) is 0 Å². The Morgan fingerprint density at radius 2 is 2.00 bits per heavy atom. The average Bonchev–Trinajstić information content (AvgIpc) is 2.82. The Kier molecular flexibility index (Phi) is 4.83. The summed E-state index contributed by atoms with van der Waals surface area (Å²) in [6, 6.07) is 0. The minimum absolute atomic E-state index is 0.101. The molecule has 3 N–H and O–H groups in total. The van der Waals surface area contributed by atoms with Crippen LogP contribution in [0.2, 0.25) is 0 Å². The zero-order valence-electron chi connectivity index (χ0n) is 12.6. The van der Waals surface area contributed by atoms with Gasteiger partial charge in [0.15, 0.2) is 0 Å². The molecule has 1 fully saturated rings. The number of nitrogens with zero attached hydrogens (tertiary/aromatic N) is 2. The van der Waals surface area contributed by atoms with Crippen LogP contribution < -0.4 is 5.32 Å². The van der Waals surface area contributed by atoms with Crippen LogP contribution in [0.25, 0.3) is 0 Å². The molecule has 0 aromatic carbocycles. The summed E-state index contributed by atoms with van der Waals surface area (Å²) < 4.78 is 1.73. The van der Waals surface area contributed by atoms with Crippen LogP contribution in [0.4, 0.5) is 0 Å². The van der Waals surface area contributed by atoms with E-state index >= 15 is 0 Å². The van der Waals surface area contributed by atoms with Gasteiger partial charge in [0.1, 0.15) is 0 Å². The summed E-state index contributed by atoms with van der Waals surface area (Å²) in [7, 11) is 0. The quantitative estimate of drug-likeness (QED) is 0.735. The first kappa shape index (κ1) is 15.5. The minimum Gasteiger partial charge on any atom is -0.394 e. The lowest BCUT2D eigenvalue weighted by Crippen LogP contribution is -2.44. The molecule has 0 saturated heterocycles. The van der Waals surface area contributed by atoms with Gasteiger partial charge in [0.2, 0.25) is 0 Å². The smallest absolute Gasteiger partial charge is 0.0772 e. The van der Waals surface area contributed by atoms with Gasteiger partial charge in [-0.05, 0) is 31.1 Å². The molecule has 1 aromatic rings. The van der Waals surface area contributed by atoms with E-state index in [9.17, 15) is 5.11 Å². The molecule has 1 heterocycles. The predicted molar refractivity (Wildman–Crippen MR) is 78.2 cm³/mol. The topological polar surface area (TPSA) is 70.3 Å². The fourth-order valence-corrected chi connectivity index (χ4v) is 2.73. The van der Waals surface area contributed by atoms with Crippen molar-refractivity contribution in [2.45, 2.75) is 58.2 Å². The Hall–Kier alpha value is -0.910. The first-order valence-corrected chi connectivity index (χ1v) is 7.48. The van der Waals surface area contributed by atoms with E-state index in [2.05, 4.69) is 24.3 Å². The number of nitrogens with one attached hydrogen (secondary N) is 1. The summed E-state index contributed by atoms with van der Waals surface area (Å²) in [4.78, 5) is 0. The summed E-state index contributed by atoms with van der Waals surface area (Å²) in [5.74, 6) is 0. The highest BCUT2D eigenvalue weighted by molar-refractivity contribution is 5.03. The molecule has 0 spiro atoms. The molecule has 0 atom stereocenters. The summed E-state index contributed by atoms with van der Waals surface area (Å²) in [6.45, 7) is 6.51. The SMILES string of the molecule is CC1(C)CCC(O)(CNCc2cnn(CCO)c2)CC1. The van der Waals surface area contributed by atoms with Crippen LogP contribution in [-0.4, -0.2) is 38.7 Å². The molecule has 5 heteroatoms. The first-order valence-electron chi connectivity index (χ1n) is 7.48. The summed E-state index contributed by atoms with van der Waals surface area (Å²) >= 11 is 0. The van der Waals surface area contributed by atoms with E-state index in [1.54, 1.807) is 10.9 Å². The van der Waals surface area contributed by atoms with Crippen molar-refractivity contribution in [1.29, 1.82) is 0 Å². The molecule has 0 aliphatic heterocycles. The molecule has 0 bridgehead atoms. The van der Waals surface area contributed by atoms with Crippen LogP contribution in [0.5, 0.6) is 0 Å². The van der Waals surface area contributed by atoms with Gasteiger partial charge in [-0.1, -0.05) is 13.8 Å². The van der Waals surface area contributed by atoms with Crippen LogP contribution in [0.3, 0.4) is 0 Å².